The summed E-state index contributed by atoms with van der Waals surface area (Å²) in [6.45, 7) is 0.0805. The van der Waals surface area contributed by atoms with Crippen LogP contribution in [0.25, 0.3) is 10.8 Å². The number of amides is 1. The van der Waals surface area contributed by atoms with Crippen LogP contribution in [0.3, 0.4) is 0 Å². The maximum Gasteiger partial charge on any atom is 0.261 e. The summed E-state index contributed by atoms with van der Waals surface area (Å²) < 4.78 is 11.9. The number of hydrogen-bond acceptors (Lipinski definition) is 4. The fourth-order valence-electron chi connectivity index (χ4n) is 4.69. The van der Waals surface area contributed by atoms with Crippen LogP contribution in [0.4, 0.5) is 0 Å². The minimum atomic E-state index is 0.0712. The standard InChI is InChI=1S/C24H24N2O3/c27-24(16-28-21-11-8-17-5-1-2-6-18(17)13-21)26-19-9-10-20(26)15-22(14-19)29-23-7-3-4-12-25-23/h1-8,11-13,19-20,22H,9-10,14-16H2. The largest absolute Gasteiger partial charge is 0.484 e. The molecule has 3 heterocycles. The van der Waals surface area contributed by atoms with Crippen LogP contribution in [0, 0.1) is 0 Å². The Hall–Kier alpha value is -3.08. The number of rotatable bonds is 5. The lowest BCUT2D eigenvalue weighted by molar-refractivity contribution is -0.139. The number of fused-ring (bicyclic) bond motifs is 3. The van der Waals surface area contributed by atoms with E-state index in [-0.39, 0.29) is 30.7 Å². The fraction of sp³-hybridized carbons (Fsp3) is 0.333. The van der Waals surface area contributed by atoms with Crippen LogP contribution < -0.4 is 9.47 Å². The van der Waals surface area contributed by atoms with E-state index in [0.717, 1.165) is 36.8 Å². The number of pyridine rings is 1. The molecule has 5 rings (SSSR count). The van der Waals surface area contributed by atoms with Crippen LogP contribution in [0.5, 0.6) is 11.6 Å². The van der Waals surface area contributed by atoms with Crippen LogP contribution in [0.15, 0.2) is 66.9 Å². The molecule has 2 saturated heterocycles. The van der Waals surface area contributed by atoms with Gasteiger partial charge >= 0.3 is 0 Å². The van der Waals surface area contributed by atoms with Gasteiger partial charge in [-0.1, -0.05) is 36.4 Å². The lowest BCUT2D eigenvalue weighted by Crippen LogP contribution is -2.50. The molecule has 148 valence electrons. The number of benzene rings is 2. The van der Waals surface area contributed by atoms with E-state index in [1.807, 2.05) is 53.4 Å². The second kappa shape index (κ2) is 7.74. The fourth-order valence-corrected chi connectivity index (χ4v) is 4.69. The van der Waals surface area contributed by atoms with Crippen molar-refractivity contribution in [2.45, 2.75) is 43.9 Å². The van der Waals surface area contributed by atoms with Gasteiger partial charge in [0.1, 0.15) is 11.9 Å². The van der Waals surface area contributed by atoms with Gasteiger partial charge in [-0.05, 0) is 41.8 Å². The number of ether oxygens (including phenoxy) is 2. The predicted molar refractivity (Wildman–Crippen MR) is 111 cm³/mol. The summed E-state index contributed by atoms with van der Waals surface area (Å²) in [6.07, 6.45) is 5.65. The molecule has 2 unspecified atom stereocenters. The molecule has 0 spiro atoms. The monoisotopic (exact) mass is 388 g/mol. The minimum Gasteiger partial charge on any atom is -0.484 e. The first-order valence-corrected chi connectivity index (χ1v) is 10.3. The van der Waals surface area contributed by atoms with E-state index in [9.17, 15) is 4.79 Å². The maximum absolute atomic E-state index is 12.9. The summed E-state index contributed by atoms with van der Waals surface area (Å²) in [5.41, 5.74) is 0. The van der Waals surface area contributed by atoms with Crippen LogP contribution in [0.1, 0.15) is 25.7 Å². The van der Waals surface area contributed by atoms with Gasteiger partial charge in [0.15, 0.2) is 6.61 Å². The molecule has 5 nitrogen and oxygen atoms in total. The van der Waals surface area contributed by atoms with Crippen LogP contribution in [-0.2, 0) is 4.79 Å². The molecule has 2 atom stereocenters. The molecule has 2 bridgehead atoms. The molecule has 2 fully saturated rings. The Labute approximate surface area is 170 Å². The summed E-state index contributed by atoms with van der Waals surface area (Å²) in [6, 6.07) is 20.3. The first-order valence-electron chi connectivity index (χ1n) is 10.3. The number of carbonyl (C=O) groups is 1. The zero-order valence-electron chi connectivity index (χ0n) is 16.2. The van der Waals surface area contributed by atoms with E-state index in [2.05, 4.69) is 17.1 Å². The molecular formula is C24H24N2O3. The van der Waals surface area contributed by atoms with Crippen molar-refractivity contribution in [1.29, 1.82) is 0 Å². The highest BCUT2D eigenvalue weighted by molar-refractivity contribution is 5.84. The van der Waals surface area contributed by atoms with E-state index in [4.69, 9.17) is 9.47 Å². The van der Waals surface area contributed by atoms with Gasteiger partial charge in [0.25, 0.3) is 5.91 Å². The molecule has 0 radical (unpaired) electrons. The number of nitrogens with zero attached hydrogens (tertiary/aromatic N) is 2. The highest BCUT2D eigenvalue weighted by Crippen LogP contribution is 2.37. The van der Waals surface area contributed by atoms with Gasteiger partial charge < -0.3 is 14.4 Å². The summed E-state index contributed by atoms with van der Waals surface area (Å²) >= 11 is 0. The number of piperidine rings is 1. The zero-order chi connectivity index (χ0) is 19.6. The average Bonchev–Trinajstić information content (AvgIpc) is 3.03. The Morgan fingerprint density at radius 3 is 2.48 bits per heavy atom. The quantitative estimate of drug-likeness (QED) is 0.657. The zero-order valence-corrected chi connectivity index (χ0v) is 16.2. The highest BCUT2D eigenvalue weighted by Gasteiger charge is 2.44. The van der Waals surface area contributed by atoms with E-state index in [1.165, 1.54) is 5.39 Å². The van der Waals surface area contributed by atoms with Crippen LogP contribution >= 0.6 is 0 Å². The minimum absolute atomic E-state index is 0.0712. The van der Waals surface area contributed by atoms with Gasteiger partial charge in [0.05, 0.1) is 0 Å². The third kappa shape index (κ3) is 3.77. The van der Waals surface area contributed by atoms with E-state index in [0.29, 0.717) is 5.88 Å². The van der Waals surface area contributed by atoms with Gasteiger partial charge in [-0.25, -0.2) is 4.98 Å². The van der Waals surface area contributed by atoms with E-state index in [1.54, 1.807) is 6.20 Å². The molecule has 2 aliphatic rings. The predicted octanol–water partition coefficient (Wildman–Crippen LogP) is 4.21. The Kier molecular flexibility index (Phi) is 4.80. The molecule has 0 aliphatic carbocycles. The van der Waals surface area contributed by atoms with Crippen molar-refractivity contribution in [3.63, 3.8) is 0 Å². The summed E-state index contributed by atoms with van der Waals surface area (Å²) in [4.78, 5) is 19.2. The second-order valence-electron chi connectivity index (χ2n) is 7.86. The second-order valence-corrected chi connectivity index (χ2v) is 7.86. The smallest absolute Gasteiger partial charge is 0.261 e. The first-order chi connectivity index (χ1) is 14.3. The number of carbonyl (C=O) groups excluding carboxylic acids is 1. The number of hydrogen-bond donors (Lipinski definition) is 0. The van der Waals surface area contributed by atoms with Crippen molar-refractivity contribution in [3.8, 4) is 11.6 Å². The van der Waals surface area contributed by atoms with Crippen LogP contribution in [-0.4, -0.2) is 40.6 Å². The molecule has 3 aromatic rings. The van der Waals surface area contributed by atoms with Gasteiger partial charge in [-0.2, -0.15) is 0 Å². The molecular weight excluding hydrogens is 364 g/mol. The lowest BCUT2D eigenvalue weighted by Gasteiger charge is -2.38. The highest BCUT2D eigenvalue weighted by atomic mass is 16.5. The lowest BCUT2D eigenvalue weighted by atomic mass is 9.99. The third-order valence-electron chi connectivity index (χ3n) is 5.99. The van der Waals surface area contributed by atoms with Crippen LogP contribution in [0.2, 0.25) is 0 Å². The molecule has 0 saturated carbocycles. The molecule has 0 N–H and O–H groups in total. The Morgan fingerprint density at radius 2 is 1.72 bits per heavy atom. The maximum atomic E-state index is 12.9. The number of aromatic nitrogens is 1. The van der Waals surface area contributed by atoms with E-state index >= 15 is 0 Å². The Balaban J connectivity index is 1.20. The van der Waals surface area contributed by atoms with Gasteiger partial charge in [0.2, 0.25) is 5.88 Å². The van der Waals surface area contributed by atoms with Crippen molar-refractivity contribution in [3.05, 3.63) is 66.9 Å². The van der Waals surface area contributed by atoms with Crippen molar-refractivity contribution in [1.82, 2.24) is 9.88 Å². The topological polar surface area (TPSA) is 51.7 Å². The van der Waals surface area contributed by atoms with Crippen molar-refractivity contribution < 1.29 is 14.3 Å². The third-order valence-corrected chi connectivity index (χ3v) is 5.99. The molecule has 1 aromatic heterocycles. The molecule has 29 heavy (non-hydrogen) atoms. The average molecular weight is 388 g/mol. The molecule has 1 amide bonds. The molecule has 2 aromatic carbocycles. The van der Waals surface area contributed by atoms with E-state index < -0.39 is 0 Å². The van der Waals surface area contributed by atoms with Gasteiger partial charge in [-0.15, -0.1) is 0 Å². The van der Waals surface area contributed by atoms with Gasteiger partial charge in [-0.3, -0.25) is 4.79 Å². The van der Waals surface area contributed by atoms with Gasteiger partial charge in [0, 0.05) is 37.2 Å². The summed E-state index contributed by atoms with van der Waals surface area (Å²) in [5, 5.41) is 2.28. The first kappa shape index (κ1) is 18.0. The SMILES string of the molecule is O=C(COc1ccc2ccccc2c1)N1C2CCC1CC(Oc1ccccn1)C2. The summed E-state index contributed by atoms with van der Waals surface area (Å²) in [5.74, 6) is 1.47. The van der Waals surface area contributed by atoms with Crippen molar-refractivity contribution in [2.24, 2.45) is 0 Å². The molecule has 5 heteroatoms. The Morgan fingerprint density at radius 1 is 0.966 bits per heavy atom. The Bertz CT molecular complexity index is 993. The normalized spacial score (nSPS) is 23.2. The van der Waals surface area contributed by atoms with Crippen molar-refractivity contribution in [2.75, 3.05) is 6.61 Å². The summed E-state index contributed by atoms with van der Waals surface area (Å²) in [7, 11) is 0. The van der Waals surface area contributed by atoms with Crippen molar-refractivity contribution >= 4 is 16.7 Å². The molecule has 2 aliphatic heterocycles.